The molecular weight excluding hydrogens is 354 g/mol. The number of allylic oxidation sites excluding steroid dienone is 1. The highest BCUT2D eigenvalue weighted by Crippen LogP contribution is 2.64. The lowest BCUT2D eigenvalue weighted by Gasteiger charge is -2.57. The van der Waals surface area contributed by atoms with Gasteiger partial charge < -0.3 is 10.5 Å². The van der Waals surface area contributed by atoms with Crippen molar-refractivity contribution in [1.29, 1.82) is 0 Å². The summed E-state index contributed by atoms with van der Waals surface area (Å²) in [5.41, 5.74) is 10.6. The number of primary amides is 1. The molecule has 0 saturated heterocycles. The van der Waals surface area contributed by atoms with E-state index in [1.807, 2.05) is 0 Å². The van der Waals surface area contributed by atoms with Gasteiger partial charge in [-0.3, -0.25) is 4.79 Å². The number of fused-ring (bicyclic) bond motifs is 5. The first-order chi connectivity index (χ1) is 13.2. The Hall–Kier alpha value is -1.85. The standard InChI is InChI=1S/C22H33N3O3/c1-13(26)28-15-8-10-21(2)14(12-15)4-5-16-17-6-7-19(24-25-20(23)27)22(17,3)11-9-18(16)21/h4,15-18H,5-12H2,1-3H3,(H3,23,25,27)/t15-,16-,17+,18+,21-,22+/m0/s1. The average molecular weight is 388 g/mol. The van der Waals surface area contributed by atoms with E-state index < -0.39 is 6.03 Å². The second-order valence-electron chi connectivity index (χ2n) is 9.76. The third-order valence-electron chi connectivity index (χ3n) is 8.43. The van der Waals surface area contributed by atoms with Crippen molar-refractivity contribution in [2.24, 2.45) is 39.4 Å². The van der Waals surface area contributed by atoms with Crippen molar-refractivity contribution < 1.29 is 14.3 Å². The van der Waals surface area contributed by atoms with Crippen molar-refractivity contribution in [2.75, 3.05) is 0 Å². The summed E-state index contributed by atoms with van der Waals surface area (Å²) in [5.74, 6) is 1.80. The first-order valence-electron chi connectivity index (χ1n) is 10.7. The lowest BCUT2D eigenvalue weighted by Crippen LogP contribution is -2.50. The number of rotatable bonds is 2. The zero-order valence-electron chi connectivity index (χ0n) is 17.3. The zero-order valence-corrected chi connectivity index (χ0v) is 17.3. The normalized spacial score (nSPS) is 43.4. The van der Waals surface area contributed by atoms with E-state index in [0.29, 0.717) is 17.8 Å². The Morgan fingerprint density at radius 1 is 1.18 bits per heavy atom. The van der Waals surface area contributed by atoms with Crippen molar-refractivity contribution in [2.45, 2.75) is 78.2 Å². The lowest BCUT2D eigenvalue weighted by molar-refractivity contribution is -0.148. The van der Waals surface area contributed by atoms with Gasteiger partial charge in [-0.05, 0) is 68.1 Å². The lowest BCUT2D eigenvalue weighted by atomic mass is 9.48. The molecule has 0 unspecified atom stereocenters. The summed E-state index contributed by atoms with van der Waals surface area (Å²) in [6, 6.07) is -0.587. The number of carbonyl (C=O) groups excluding carboxylic acids is 2. The van der Waals surface area contributed by atoms with Gasteiger partial charge in [0.1, 0.15) is 6.10 Å². The molecule has 0 aliphatic heterocycles. The fourth-order valence-corrected chi connectivity index (χ4v) is 7.06. The minimum atomic E-state index is -0.587. The van der Waals surface area contributed by atoms with Crippen molar-refractivity contribution >= 4 is 17.7 Å². The van der Waals surface area contributed by atoms with E-state index in [-0.39, 0.29) is 22.9 Å². The van der Waals surface area contributed by atoms with Gasteiger partial charge in [-0.15, -0.1) is 0 Å². The molecule has 28 heavy (non-hydrogen) atoms. The number of hydrogen-bond acceptors (Lipinski definition) is 4. The molecule has 0 bridgehead atoms. The van der Waals surface area contributed by atoms with Crippen LogP contribution in [0.3, 0.4) is 0 Å². The highest BCUT2D eigenvalue weighted by molar-refractivity contribution is 5.93. The van der Waals surface area contributed by atoms with Crippen LogP contribution in [0.4, 0.5) is 4.79 Å². The minimum absolute atomic E-state index is 0.0484. The molecule has 3 N–H and O–H groups in total. The summed E-state index contributed by atoms with van der Waals surface area (Å²) in [7, 11) is 0. The maximum atomic E-state index is 11.4. The number of carbonyl (C=O) groups is 2. The van der Waals surface area contributed by atoms with Crippen molar-refractivity contribution in [1.82, 2.24) is 5.43 Å². The predicted molar refractivity (Wildman–Crippen MR) is 107 cm³/mol. The largest absolute Gasteiger partial charge is 0.462 e. The van der Waals surface area contributed by atoms with Gasteiger partial charge in [-0.2, -0.15) is 5.10 Å². The highest BCUT2D eigenvalue weighted by Gasteiger charge is 2.58. The van der Waals surface area contributed by atoms with E-state index in [1.54, 1.807) is 0 Å². The molecule has 6 atom stereocenters. The Morgan fingerprint density at radius 3 is 2.61 bits per heavy atom. The van der Waals surface area contributed by atoms with E-state index in [0.717, 1.165) is 50.7 Å². The monoisotopic (exact) mass is 387 g/mol. The fourth-order valence-electron chi connectivity index (χ4n) is 7.06. The molecule has 0 heterocycles. The number of hydrazone groups is 1. The molecule has 6 heteroatoms. The van der Waals surface area contributed by atoms with Crippen LogP contribution in [0.15, 0.2) is 16.8 Å². The smallest absolute Gasteiger partial charge is 0.332 e. The summed E-state index contributed by atoms with van der Waals surface area (Å²) < 4.78 is 5.53. The van der Waals surface area contributed by atoms with Crippen LogP contribution in [0.1, 0.15) is 72.1 Å². The molecule has 0 aromatic rings. The van der Waals surface area contributed by atoms with Gasteiger partial charge in [0.05, 0.1) is 0 Å². The summed E-state index contributed by atoms with van der Waals surface area (Å²) in [4.78, 5) is 22.5. The van der Waals surface area contributed by atoms with E-state index in [4.69, 9.17) is 10.5 Å². The summed E-state index contributed by atoms with van der Waals surface area (Å²) in [6.07, 6.45) is 11.0. The Kier molecular flexibility index (Phi) is 4.79. The quantitative estimate of drug-likeness (QED) is 0.427. The second kappa shape index (κ2) is 6.89. The van der Waals surface area contributed by atoms with Crippen LogP contribution in [-0.2, 0) is 9.53 Å². The Balaban J connectivity index is 1.56. The number of hydrogen-bond donors (Lipinski definition) is 2. The molecule has 0 radical (unpaired) electrons. The van der Waals surface area contributed by atoms with Crippen LogP contribution in [0, 0.1) is 28.6 Å². The van der Waals surface area contributed by atoms with Crippen LogP contribution in [-0.4, -0.2) is 23.8 Å². The average Bonchev–Trinajstić information content (AvgIpc) is 2.96. The number of ether oxygens (including phenoxy) is 1. The molecule has 4 aliphatic carbocycles. The Bertz CT molecular complexity index is 745. The van der Waals surface area contributed by atoms with Crippen LogP contribution in [0.25, 0.3) is 0 Å². The van der Waals surface area contributed by atoms with Gasteiger partial charge in [0, 0.05) is 24.5 Å². The van der Waals surface area contributed by atoms with Gasteiger partial charge in [0.2, 0.25) is 0 Å². The molecule has 2 amide bonds. The van der Waals surface area contributed by atoms with Gasteiger partial charge in [0.15, 0.2) is 0 Å². The second-order valence-corrected chi connectivity index (χ2v) is 9.76. The van der Waals surface area contributed by atoms with Crippen LogP contribution in [0.2, 0.25) is 0 Å². The van der Waals surface area contributed by atoms with Crippen LogP contribution < -0.4 is 11.2 Å². The molecule has 0 aromatic carbocycles. The topological polar surface area (TPSA) is 93.8 Å². The number of esters is 1. The maximum Gasteiger partial charge on any atom is 0.332 e. The maximum absolute atomic E-state index is 11.4. The van der Waals surface area contributed by atoms with Crippen molar-refractivity contribution in [3.05, 3.63) is 11.6 Å². The Morgan fingerprint density at radius 2 is 1.89 bits per heavy atom. The Labute approximate surface area is 167 Å². The molecule has 0 spiro atoms. The third kappa shape index (κ3) is 3.05. The molecular formula is C22H33N3O3. The predicted octanol–water partition coefficient (Wildman–Crippen LogP) is 3.91. The molecule has 0 aromatic heterocycles. The number of urea groups is 1. The molecule has 3 fully saturated rings. The summed E-state index contributed by atoms with van der Waals surface area (Å²) >= 11 is 0. The van der Waals surface area contributed by atoms with Crippen molar-refractivity contribution in [3.8, 4) is 0 Å². The van der Waals surface area contributed by atoms with Gasteiger partial charge in [0.25, 0.3) is 0 Å². The summed E-state index contributed by atoms with van der Waals surface area (Å²) in [5, 5.41) is 4.38. The first kappa shape index (κ1) is 19.5. The highest BCUT2D eigenvalue weighted by atomic mass is 16.5. The molecule has 4 aliphatic rings. The zero-order chi connectivity index (χ0) is 20.1. The van der Waals surface area contributed by atoms with Crippen LogP contribution >= 0.6 is 0 Å². The molecule has 154 valence electrons. The molecule has 3 saturated carbocycles. The minimum Gasteiger partial charge on any atom is -0.462 e. The van der Waals surface area contributed by atoms with Gasteiger partial charge in [-0.1, -0.05) is 25.5 Å². The van der Waals surface area contributed by atoms with E-state index in [2.05, 4.69) is 30.5 Å². The van der Waals surface area contributed by atoms with E-state index in [9.17, 15) is 9.59 Å². The number of amides is 2. The number of nitrogens with two attached hydrogens (primary N) is 1. The van der Waals surface area contributed by atoms with E-state index in [1.165, 1.54) is 18.9 Å². The van der Waals surface area contributed by atoms with E-state index >= 15 is 0 Å². The molecule has 4 rings (SSSR count). The van der Waals surface area contributed by atoms with Gasteiger partial charge in [-0.25, -0.2) is 10.2 Å². The number of nitrogens with one attached hydrogen (secondary N) is 1. The fraction of sp³-hybridized carbons (Fsp3) is 0.773. The number of nitrogens with zero attached hydrogens (tertiary/aromatic N) is 1. The van der Waals surface area contributed by atoms with Gasteiger partial charge >= 0.3 is 12.0 Å². The van der Waals surface area contributed by atoms with Crippen molar-refractivity contribution in [3.63, 3.8) is 0 Å². The SMILES string of the molecule is CC(=O)O[C@H]1CC[C@@]2(C)C(=CC[C@@H]3[C@H]2CC[C@@]2(C)C(=NNC(N)=O)CC[C@H]32)C1. The third-order valence-corrected chi connectivity index (χ3v) is 8.43. The molecule has 6 nitrogen and oxygen atoms in total. The summed E-state index contributed by atoms with van der Waals surface area (Å²) in [6.45, 7) is 6.29. The first-order valence-corrected chi connectivity index (χ1v) is 10.7. The van der Waals surface area contributed by atoms with Crippen LogP contribution in [0.5, 0.6) is 0 Å².